The number of aliphatic hydroxyl groups is 1. The summed E-state index contributed by atoms with van der Waals surface area (Å²) in [7, 11) is 0. The predicted molar refractivity (Wildman–Crippen MR) is 57.2 cm³/mol. The second kappa shape index (κ2) is 6.75. The van der Waals surface area contributed by atoms with Crippen LogP contribution in [-0.2, 0) is 6.54 Å². The molecule has 0 spiro atoms. The van der Waals surface area contributed by atoms with Crippen molar-refractivity contribution in [2.24, 2.45) is 0 Å². The summed E-state index contributed by atoms with van der Waals surface area (Å²) in [6.45, 7) is 3.97. The minimum absolute atomic E-state index is 0.160. The molecule has 4 nitrogen and oxygen atoms in total. The van der Waals surface area contributed by atoms with Gasteiger partial charge in [-0.2, -0.15) is 0 Å². The number of rotatable bonds is 6. The van der Waals surface area contributed by atoms with Gasteiger partial charge in [-0.15, -0.1) is 0 Å². The van der Waals surface area contributed by atoms with E-state index in [1.54, 1.807) is 0 Å². The Hall–Kier alpha value is -0.650. The van der Waals surface area contributed by atoms with E-state index in [-0.39, 0.29) is 6.61 Å². The fourth-order valence-corrected chi connectivity index (χ4v) is 1.44. The molecule has 1 rings (SSSR count). The Bertz CT molecular complexity index is 226. The molecule has 5 heteroatoms. The molecule has 0 aliphatic carbocycles. The molecule has 0 aliphatic rings. The van der Waals surface area contributed by atoms with Crippen LogP contribution in [-0.4, -0.2) is 34.0 Å². The van der Waals surface area contributed by atoms with Gasteiger partial charge in [0.05, 0.1) is 6.61 Å². The molecule has 0 amide bonds. The zero-order chi connectivity index (χ0) is 10.2. The van der Waals surface area contributed by atoms with Crippen molar-refractivity contribution in [2.45, 2.75) is 18.6 Å². The first-order valence-electron chi connectivity index (χ1n) is 4.62. The van der Waals surface area contributed by atoms with E-state index in [9.17, 15) is 0 Å². The molecule has 0 aromatic carbocycles. The number of hydrogen-bond acceptors (Lipinski definition) is 5. The van der Waals surface area contributed by atoms with Gasteiger partial charge in [-0.3, -0.25) is 0 Å². The maximum absolute atomic E-state index is 8.61. The molecule has 78 valence electrons. The van der Waals surface area contributed by atoms with Gasteiger partial charge in [0.25, 0.3) is 0 Å². The summed E-state index contributed by atoms with van der Waals surface area (Å²) in [4.78, 5) is 8.34. The van der Waals surface area contributed by atoms with Crippen LogP contribution in [0.3, 0.4) is 0 Å². The molecule has 1 aromatic heterocycles. The van der Waals surface area contributed by atoms with Crippen LogP contribution in [0.2, 0.25) is 0 Å². The maximum Gasteiger partial charge on any atom is 0.187 e. The molecule has 1 aromatic rings. The van der Waals surface area contributed by atoms with Gasteiger partial charge in [-0.1, -0.05) is 18.7 Å². The summed E-state index contributed by atoms with van der Waals surface area (Å²) in [5.74, 6) is 0.645. The van der Waals surface area contributed by atoms with Crippen LogP contribution < -0.4 is 5.32 Å². The van der Waals surface area contributed by atoms with Crippen molar-refractivity contribution < 1.29 is 5.11 Å². The molecule has 2 N–H and O–H groups in total. The molecular formula is C9H15N3OS. The van der Waals surface area contributed by atoms with E-state index in [0.29, 0.717) is 5.75 Å². The van der Waals surface area contributed by atoms with Gasteiger partial charge in [-0.25, -0.2) is 9.97 Å². The highest BCUT2D eigenvalue weighted by Crippen LogP contribution is 2.10. The van der Waals surface area contributed by atoms with E-state index >= 15 is 0 Å². The van der Waals surface area contributed by atoms with Gasteiger partial charge in [0.15, 0.2) is 5.16 Å². The topological polar surface area (TPSA) is 58.0 Å². The molecule has 0 radical (unpaired) electrons. The summed E-state index contributed by atoms with van der Waals surface area (Å²) < 4.78 is 0. The predicted octanol–water partition coefficient (Wildman–Crippen LogP) is 0.670. The third kappa shape index (κ3) is 4.04. The monoisotopic (exact) mass is 213 g/mol. The second-order valence-corrected chi connectivity index (χ2v) is 3.79. The molecule has 0 fully saturated rings. The number of aromatic nitrogens is 2. The van der Waals surface area contributed by atoms with Crippen molar-refractivity contribution in [2.75, 3.05) is 18.9 Å². The molecule has 0 aliphatic heterocycles. The average Bonchev–Trinajstić information content (AvgIpc) is 2.25. The van der Waals surface area contributed by atoms with E-state index in [1.807, 2.05) is 12.4 Å². The quantitative estimate of drug-likeness (QED) is 0.537. The lowest BCUT2D eigenvalue weighted by Crippen LogP contribution is -2.12. The van der Waals surface area contributed by atoms with Crippen molar-refractivity contribution in [1.29, 1.82) is 0 Å². The molecule has 0 unspecified atom stereocenters. The van der Waals surface area contributed by atoms with Gasteiger partial charge in [0, 0.05) is 30.3 Å². The number of hydrogen-bond donors (Lipinski definition) is 2. The van der Waals surface area contributed by atoms with Crippen molar-refractivity contribution >= 4 is 11.8 Å². The van der Waals surface area contributed by atoms with Crippen LogP contribution >= 0.6 is 11.8 Å². The van der Waals surface area contributed by atoms with Gasteiger partial charge < -0.3 is 10.4 Å². The average molecular weight is 213 g/mol. The maximum atomic E-state index is 8.61. The highest BCUT2D eigenvalue weighted by atomic mass is 32.2. The van der Waals surface area contributed by atoms with Crippen LogP contribution in [0.5, 0.6) is 0 Å². The van der Waals surface area contributed by atoms with Gasteiger partial charge >= 0.3 is 0 Å². The van der Waals surface area contributed by atoms with Crippen LogP contribution in [0.15, 0.2) is 17.6 Å². The Labute approximate surface area is 88.2 Å². The lowest BCUT2D eigenvalue weighted by atomic mass is 10.3. The van der Waals surface area contributed by atoms with Crippen molar-refractivity contribution in [3.8, 4) is 0 Å². The lowest BCUT2D eigenvalue weighted by molar-refractivity contribution is 0.322. The first kappa shape index (κ1) is 11.4. The Morgan fingerprint density at radius 3 is 2.71 bits per heavy atom. The van der Waals surface area contributed by atoms with E-state index in [2.05, 4.69) is 22.2 Å². The third-order valence-electron chi connectivity index (χ3n) is 1.58. The summed E-state index contributed by atoms with van der Waals surface area (Å²) in [6, 6.07) is 0. The molecule has 0 saturated carbocycles. The van der Waals surface area contributed by atoms with Gasteiger partial charge in [-0.05, 0) is 6.54 Å². The van der Waals surface area contributed by atoms with Crippen molar-refractivity contribution in [3.05, 3.63) is 18.0 Å². The fourth-order valence-electron chi connectivity index (χ4n) is 0.915. The third-order valence-corrected chi connectivity index (χ3v) is 2.44. The SMILES string of the molecule is CCNCc1cnc(SCCO)nc1. The number of aliphatic hydroxyl groups excluding tert-OH is 1. The Balaban J connectivity index is 2.42. The van der Waals surface area contributed by atoms with Crippen molar-refractivity contribution in [1.82, 2.24) is 15.3 Å². The van der Waals surface area contributed by atoms with Crippen LogP contribution in [0.4, 0.5) is 0 Å². The van der Waals surface area contributed by atoms with Crippen LogP contribution in [0, 0.1) is 0 Å². The van der Waals surface area contributed by atoms with Crippen LogP contribution in [0.25, 0.3) is 0 Å². The first-order chi connectivity index (χ1) is 6.86. The summed E-state index contributed by atoms with van der Waals surface area (Å²) in [5.41, 5.74) is 1.08. The lowest BCUT2D eigenvalue weighted by Gasteiger charge is -2.01. The Morgan fingerprint density at radius 1 is 1.43 bits per heavy atom. The van der Waals surface area contributed by atoms with Gasteiger partial charge in [0.2, 0.25) is 0 Å². The fraction of sp³-hybridized carbons (Fsp3) is 0.556. The standard InChI is InChI=1S/C9H15N3OS/c1-2-10-5-8-6-11-9(12-7-8)14-4-3-13/h6-7,10,13H,2-5H2,1H3. The zero-order valence-electron chi connectivity index (χ0n) is 8.23. The first-order valence-corrected chi connectivity index (χ1v) is 5.60. The number of nitrogens with zero attached hydrogens (tertiary/aromatic N) is 2. The van der Waals surface area contributed by atoms with Crippen molar-refractivity contribution in [3.63, 3.8) is 0 Å². The summed E-state index contributed by atoms with van der Waals surface area (Å²) in [5, 5.41) is 12.5. The highest BCUT2D eigenvalue weighted by molar-refractivity contribution is 7.99. The Kier molecular flexibility index (Phi) is 5.51. The van der Waals surface area contributed by atoms with E-state index in [0.717, 1.165) is 23.8 Å². The largest absolute Gasteiger partial charge is 0.396 e. The second-order valence-electron chi connectivity index (χ2n) is 2.73. The summed E-state index contributed by atoms with van der Waals surface area (Å²) >= 11 is 1.46. The Morgan fingerprint density at radius 2 is 2.14 bits per heavy atom. The van der Waals surface area contributed by atoms with Gasteiger partial charge in [0.1, 0.15) is 0 Å². The molecule has 0 bridgehead atoms. The molecule has 0 saturated heterocycles. The molecule has 14 heavy (non-hydrogen) atoms. The number of nitrogens with one attached hydrogen (secondary N) is 1. The zero-order valence-corrected chi connectivity index (χ0v) is 9.05. The minimum atomic E-state index is 0.160. The number of thioether (sulfide) groups is 1. The van der Waals surface area contributed by atoms with E-state index < -0.39 is 0 Å². The molecular weight excluding hydrogens is 198 g/mol. The summed E-state index contributed by atoms with van der Waals surface area (Å²) in [6.07, 6.45) is 3.63. The molecule has 1 heterocycles. The van der Waals surface area contributed by atoms with E-state index in [4.69, 9.17) is 5.11 Å². The normalized spacial score (nSPS) is 10.4. The highest BCUT2D eigenvalue weighted by Gasteiger charge is 1.97. The minimum Gasteiger partial charge on any atom is -0.396 e. The van der Waals surface area contributed by atoms with E-state index in [1.165, 1.54) is 11.8 Å². The van der Waals surface area contributed by atoms with Crippen LogP contribution in [0.1, 0.15) is 12.5 Å². The molecule has 0 atom stereocenters. The smallest absolute Gasteiger partial charge is 0.187 e.